The lowest BCUT2D eigenvalue weighted by Crippen LogP contribution is -2.22. The number of aryl methyl sites for hydroxylation is 1. The van der Waals surface area contributed by atoms with Crippen LogP contribution in [0.15, 0.2) is 23.2 Å². The standard InChI is InChI=1S/C9H12FN3/c1-6-2-7(4-8(10)3-6)5-13-9(11)12/h2-4H,5H2,1H3,(H4,11,12,13). The summed E-state index contributed by atoms with van der Waals surface area (Å²) in [4.78, 5) is 3.78. The molecule has 0 saturated heterocycles. The summed E-state index contributed by atoms with van der Waals surface area (Å²) in [7, 11) is 0. The second-order valence-corrected chi connectivity index (χ2v) is 2.88. The minimum Gasteiger partial charge on any atom is -0.370 e. The molecule has 4 N–H and O–H groups in total. The Balaban J connectivity index is 2.83. The molecule has 70 valence electrons. The Morgan fingerprint density at radius 2 is 2.08 bits per heavy atom. The number of nitrogens with zero attached hydrogens (tertiary/aromatic N) is 1. The van der Waals surface area contributed by atoms with Gasteiger partial charge >= 0.3 is 0 Å². The Morgan fingerprint density at radius 3 is 2.62 bits per heavy atom. The molecule has 0 bridgehead atoms. The van der Waals surface area contributed by atoms with Crippen LogP contribution in [-0.4, -0.2) is 5.96 Å². The lowest BCUT2D eigenvalue weighted by Gasteiger charge is -1.99. The molecule has 3 nitrogen and oxygen atoms in total. The molecule has 0 atom stereocenters. The summed E-state index contributed by atoms with van der Waals surface area (Å²) < 4.78 is 12.8. The molecule has 0 aromatic heterocycles. The second kappa shape index (κ2) is 3.89. The lowest BCUT2D eigenvalue weighted by molar-refractivity contribution is 0.624. The molecule has 4 heteroatoms. The van der Waals surface area contributed by atoms with Crippen molar-refractivity contribution in [3.63, 3.8) is 0 Å². The van der Waals surface area contributed by atoms with Crippen LogP contribution in [0, 0.1) is 12.7 Å². The van der Waals surface area contributed by atoms with Crippen LogP contribution in [0.25, 0.3) is 0 Å². The van der Waals surface area contributed by atoms with Gasteiger partial charge in [0.2, 0.25) is 0 Å². The van der Waals surface area contributed by atoms with Gasteiger partial charge in [0.25, 0.3) is 0 Å². The van der Waals surface area contributed by atoms with Crippen LogP contribution in [0.3, 0.4) is 0 Å². The molecule has 0 aliphatic carbocycles. The summed E-state index contributed by atoms with van der Waals surface area (Å²) in [6.07, 6.45) is 0. The average molecular weight is 181 g/mol. The zero-order valence-electron chi connectivity index (χ0n) is 7.42. The number of benzene rings is 1. The van der Waals surface area contributed by atoms with Crippen molar-refractivity contribution in [3.05, 3.63) is 35.1 Å². The van der Waals surface area contributed by atoms with E-state index in [1.165, 1.54) is 12.1 Å². The highest BCUT2D eigenvalue weighted by Gasteiger charge is 1.96. The molecule has 0 aliphatic heterocycles. The van der Waals surface area contributed by atoms with E-state index in [0.29, 0.717) is 6.54 Å². The summed E-state index contributed by atoms with van der Waals surface area (Å²) in [5.41, 5.74) is 11.9. The van der Waals surface area contributed by atoms with Crippen molar-refractivity contribution in [1.29, 1.82) is 0 Å². The molecule has 0 amide bonds. The largest absolute Gasteiger partial charge is 0.370 e. The third-order valence-corrected chi connectivity index (χ3v) is 1.55. The van der Waals surface area contributed by atoms with Gasteiger partial charge in [0.15, 0.2) is 5.96 Å². The van der Waals surface area contributed by atoms with E-state index in [4.69, 9.17) is 11.5 Å². The van der Waals surface area contributed by atoms with Crippen molar-refractivity contribution >= 4 is 5.96 Å². The summed E-state index contributed by atoms with van der Waals surface area (Å²) in [5, 5.41) is 0. The SMILES string of the molecule is Cc1cc(F)cc(CN=C(N)N)c1. The average Bonchev–Trinajstić information content (AvgIpc) is 1.99. The van der Waals surface area contributed by atoms with Crippen LogP contribution in [0.2, 0.25) is 0 Å². The Hall–Kier alpha value is -1.58. The van der Waals surface area contributed by atoms with Crippen LogP contribution in [0.5, 0.6) is 0 Å². The lowest BCUT2D eigenvalue weighted by atomic mass is 10.1. The van der Waals surface area contributed by atoms with E-state index in [1.54, 1.807) is 0 Å². The van der Waals surface area contributed by atoms with E-state index >= 15 is 0 Å². The predicted molar refractivity (Wildman–Crippen MR) is 50.7 cm³/mol. The molecule has 0 aliphatic rings. The monoisotopic (exact) mass is 181 g/mol. The topological polar surface area (TPSA) is 64.4 Å². The maximum Gasteiger partial charge on any atom is 0.186 e. The van der Waals surface area contributed by atoms with Crippen molar-refractivity contribution in [3.8, 4) is 0 Å². The highest BCUT2D eigenvalue weighted by molar-refractivity contribution is 5.75. The minimum atomic E-state index is -0.263. The van der Waals surface area contributed by atoms with Gasteiger partial charge in [-0.3, -0.25) is 0 Å². The van der Waals surface area contributed by atoms with E-state index < -0.39 is 0 Å². The van der Waals surface area contributed by atoms with Gasteiger partial charge in [0.1, 0.15) is 5.82 Å². The van der Waals surface area contributed by atoms with E-state index in [1.807, 2.05) is 13.0 Å². The Morgan fingerprint density at radius 1 is 1.38 bits per heavy atom. The molecule has 0 unspecified atom stereocenters. The first-order valence-electron chi connectivity index (χ1n) is 3.89. The molecule has 0 radical (unpaired) electrons. The third-order valence-electron chi connectivity index (χ3n) is 1.55. The summed E-state index contributed by atoms with van der Waals surface area (Å²) in [6.45, 7) is 2.14. The Kier molecular flexibility index (Phi) is 2.84. The molecule has 1 rings (SSSR count). The van der Waals surface area contributed by atoms with E-state index in [0.717, 1.165) is 11.1 Å². The number of hydrogen-bond acceptors (Lipinski definition) is 1. The van der Waals surface area contributed by atoms with Crippen molar-refractivity contribution in [2.75, 3.05) is 0 Å². The van der Waals surface area contributed by atoms with Crippen LogP contribution in [0.1, 0.15) is 11.1 Å². The van der Waals surface area contributed by atoms with Gasteiger partial charge in [-0.2, -0.15) is 0 Å². The van der Waals surface area contributed by atoms with Crippen molar-refractivity contribution in [2.24, 2.45) is 16.5 Å². The number of halogens is 1. The summed E-state index contributed by atoms with van der Waals surface area (Å²) in [5.74, 6) is -0.247. The number of hydrogen-bond donors (Lipinski definition) is 2. The van der Waals surface area contributed by atoms with Crippen LogP contribution in [-0.2, 0) is 6.54 Å². The zero-order valence-corrected chi connectivity index (χ0v) is 7.42. The van der Waals surface area contributed by atoms with Crippen LogP contribution < -0.4 is 11.5 Å². The maximum absolute atomic E-state index is 12.8. The van der Waals surface area contributed by atoms with Gasteiger partial charge < -0.3 is 11.5 Å². The smallest absolute Gasteiger partial charge is 0.186 e. The van der Waals surface area contributed by atoms with E-state index in [2.05, 4.69) is 4.99 Å². The second-order valence-electron chi connectivity index (χ2n) is 2.88. The number of rotatable bonds is 2. The normalized spacial score (nSPS) is 9.69. The molecule has 0 fully saturated rings. The Labute approximate surface area is 76.3 Å². The predicted octanol–water partition coefficient (Wildman–Crippen LogP) is 0.908. The quantitative estimate of drug-likeness (QED) is 0.526. The highest BCUT2D eigenvalue weighted by atomic mass is 19.1. The molecule has 0 saturated carbocycles. The Bertz CT molecular complexity index is 309. The van der Waals surface area contributed by atoms with Gasteiger partial charge in [0.05, 0.1) is 6.54 Å². The van der Waals surface area contributed by atoms with Gasteiger partial charge in [-0.1, -0.05) is 6.07 Å². The number of nitrogens with two attached hydrogens (primary N) is 2. The first-order chi connectivity index (χ1) is 6.08. The van der Waals surface area contributed by atoms with Gasteiger partial charge in [-0.05, 0) is 30.2 Å². The number of aliphatic imine (C=N–C) groups is 1. The van der Waals surface area contributed by atoms with E-state index in [-0.39, 0.29) is 11.8 Å². The zero-order chi connectivity index (χ0) is 9.84. The third kappa shape index (κ3) is 3.11. The van der Waals surface area contributed by atoms with Crippen LogP contribution in [0.4, 0.5) is 4.39 Å². The molecule has 0 spiro atoms. The minimum absolute atomic E-state index is 0.0157. The molecule has 1 aromatic carbocycles. The fraction of sp³-hybridized carbons (Fsp3) is 0.222. The molecular formula is C9H12FN3. The van der Waals surface area contributed by atoms with Gasteiger partial charge in [-0.25, -0.2) is 9.38 Å². The van der Waals surface area contributed by atoms with E-state index in [9.17, 15) is 4.39 Å². The molecule has 13 heavy (non-hydrogen) atoms. The summed E-state index contributed by atoms with van der Waals surface area (Å²) >= 11 is 0. The number of guanidine groups is 1. The van der Waals surface area contributed by atoms with Crippen LogP contribution >= 0.6 is 0 Å². The molecular weight excluding hydrogens is 169 g/mol. The van der Waals surface area contributed by atoms with Gasteiger partial charge in [-0.15, -0.1) is 0 Å². The fourth-order valence-electron chi connectivity index (χ4n) is 1.09. The van der Waals surface area contributed by atoms with Crippen molar-refractivity contribution < 1.29 is 4.39 Å². The highest BCUT2D eigenvalue weighted by Crippen LogP contribution is 2.08. The first kappa shape index (κ1) is 9.51. The van der Waals surface area contributed by atoms with Gasteiger partial charge in [0, 0.05) is 0 Å². The first-order valence-corrected chi connectivity index (χ1v) is 3.89. The molecule has 0 heterocycles. The van der Waals surface area contributed by atoms with Crippen molar-refractivity contribution in [1.82, 2.24) is 0 Å². The fourth-order valence-corrected chi connectivity index (χ4v) is 1.09. The maximum atomic E-state index is 12.8. The molecule has 1 aromatic rings. The summed E-state index contributed by atoms with van der Waals surface area (Å²) in [6, 6.07) is 4.72. The van der Waals surface area contributed by atoms with Crippen molar-refractivity contribution in [2.45, 2.75) is 13.5 Å².